The van der Waals surface area contributed by atoms with Crippen LogP contribution in [0.1, 0.15) is 38.8 Å². The van der Waals surface area contributed by atoms with Crippen LogP contribution in [0.4, 0.5) is 0 Å². The molecule has 1 aromatic rings. The van der Waals surface area contributed by atoms with Crippen LogP contribution in [0.15, 0.2) is 18.2 Å². The first kappa shape index (κ1) is 18.5. The van der Waals surface area contributed by atoms with Crippen molar-refractivity contribution in [1.82, 2.24) is 10.2 Å². The summed E-state index contributed by atoms with van der Waals surface area (Å²) in [6.07, 6.45) is 1.03. The van der Waals surface area contributed by atoms with Gasteiger partial charge in [-0.05, 0) is 56.5 Å². The highest BCUT2D eigenvalue weighted by molar-refractivity contribution is 6.35. The van der Waals surface area contributed by atoms with Crippen molar-refractivity contribution in [2.24, 2.45) is 11.1 Å². The van der Waals surface area contributed by atoms with Gasteiger partial charge in [0.15, 0.2) is 0 Å². The highest BCUT2D eigenvalue weighted by Gasteiger charge is 2.36. The van der Waals surface area contributed by atoms with E-state index in [9.17, 15) is 4.79 Å². The first-order valence-electron chi connectivity index (χ1n) is 7.95. The summed E-state index contributed by atoms with van der Waals surface area (Å²) in [6.45, 7) is 8.44. The van der Waals surface area contributed by atoms with Crippen molar-refractivity contribution in [1.29, 1.82) is 0 Å². The summed E-state index contributed by atoms with van der Waals surface area (Å²) in [5, 5.41) is 4.19. The van der Waals surface area contributed by atoms with Crippen LogP contribution in [0.2, 0.25) is 10.0 Å². The monoisotopic (exact) mass is 357 g/mol. The second kappa shape index (κ2) is 7.39. The van der Waals surface area contributed by atoms with Crippen molar-refractivity contribution >= 4 is 29.1 Å². The second-order valence-electron chi connectivity index (χ2n) is 6.81. The van der Waals surface area contributed by atoms with Gasteiger partial charge in [-0.2, -0.15) is 0 Å². The molecule has 3 unspecified atom stereocenters. The molecule has 0 aliphatic carbocycles. The highest BCUT2D eigenvalue weighted by Crippen LogP contribution is 2.30. The molecule has 0 spiro atoms. The van der Waals surface area contributed by atoms with Crippen molar-refractivity contribution in [3.05, 3.63) is 33.8 Å². The molecule has 3 N–H and O–H groups in total. The van der Waals surface area contributed by atoms with Crippen LogP contribution >= 0.6 is 23.2 Å². The van der Waals surface area contributed by atoms with E-state index in [4.69, 9.17) is 28.9 Å². The zero-order chi connectivity index (χ0) is 17.2. The fraction of sp³-hybridized carbons (Fsp3) is 0.588. The van der Waals surface area contributed by atoms with E-state index >= 15 is 0 Å². The van der Waals surface area contributed by atoms with Crippen molar-refractivity contribution in [2.75, 3.05) is 19.6 Å². The van der Waals surface area contributed by atoms with Crippen LogP contribution in [0.25, 0.3) is 0 Å². The number of hydrogen-bond donors (Lipinski definition) is 2. The zero-order valence-electron chi connectivity index (χ0n) is 13.9. The molecule has 23 heavy (non-hydrogen) atoms. The summed E-state index contributed by atoms with van der Waals surface area (Å²) in [5.74, 6) is 0.00443. The molecule has 1 fully saturated rings. The molecule has 128 valence electrons. The van der Waals surface area contributed by atoms with Crippen molar-refractivity contribution in [2.45, 2.75) is 39.3 Å². The SMILES string of the molecule is CC(NC(=O)C(C)N1CCC(C)(CN)C1)c1ccc(Cl)cc1Cl. The van der Waals surface area contributed by atoms with Gasteiger partial charge >= 0.3 is 0 Å². The molecule has 1 amide bonds. The Bertz CT molecular complexity index is 581. The number of carbonyl (C=O) groups excluding carboxylic acids is 1. The smallest absolute Gasteiger partial charge is 0.237 e. The largest absolute Gasteiger partial charge is 0.348 e. The van der Waals surface area contributed by atoms with Gasteiger partial charge in [0.1, 0.15) is 0 Å². The normalized spacial score (nSPS) is 24.4. The molecule has 2 rings (SSSR count). The number of carbonyl (C=O) groups is 1. The first-order chi connectivity index (χ1) is 10.8. The summed E-state index contributed by atoms with van der Waals surface area (Å²) in [4.78, 5) is 14.7. The number of hydrogen-bond acceptors (Lipinski definition) is 3. The first-order valence-corrected chi connectivity index (χ1v) is 8.71. The average Bonchev–Trinajstić information content (AvgIpc) is 2.89. The quantitative estimate of drug-likeness (QED) is 0.850. The summed E-state index contributed by atoms with van der Waals surface area (Å²) in [6, 6.07) is 4.97. The fourth-order valence-corrected chi connectivity index (χ4v) is 3.56. The minimum atomic E-state index is -0.183. The van der Waals surface area contributed by atoms with E-state index in [-0.39, 0.29) is 23.4 Å². The molecule has 1 aliphatic heterocycles. The third kappa shape index (κ3) is 4.38. The van der Waals surface area contributed by atoms with Crippen LogP contribution in [-0.2, 0) is 4.79 Å². The minimum Gasteiger partial charge on any atom is -0.348 e. The Kier molecular flexibility index (Phi) is 5.95. The molecule has 3 atom stereocenters. The molecule has 0 saturated carbocycles. The number of nitrogens with zero attached hydrogens (tertiary/aromatic N) is 1. The number of nitrogens with one attached hydrogen (secondary N) is 1. The van der Waals surface area contributed by atoms with Gasteiger partial charge in [-0.3, -0.25) is 9.69 Å². The lowest BCUT2D eigenvalue weighted by Gasteiger charge is -2.28. The molecule has 1 saturated heterocycles. The summed E-state index contributed by atoms with van der Waals surface area (Å²) in [7, 11) is 0. The summed E-state index contributed by atoms with van der Waals surface area (Å²) >= 11 is 12.1. The molecule has 0 radical (unpaired) electrons. The second-order valence-corrected chi connectivity index (χ2v) is 7.65. The summed E-state index contributed by atoms with van der Waals surface area (Å²) < 4.78 is 0. The standard InChI is InChI=1S/C17H25Cl2N3O/c1-11(14-5-4-13(18)8-15(14)19)21-16(23)12(2)22-7-6-17(3,9-20)10-22/h4-5,8,11-12H,6-7,9-10,20H2,1-3H3,(H,21,23). The maximum atomic E-state index is 12.5. The fourth-order valence-electron chi connectivity index (χ4n) is 2.99. The lowest BCUT2D eigenvalue weighted by molar-refractivity contribution is -0.126. The Balaban J connectivity index is 1.98. The van der Waals surface area contributed by atoms with Crippen molar-refractivity contribution in [3.63, 3.8) is 0 Å². The van der Waals surface area contributed by atoms with E-state index < -0.39 is 0 Å². The molecule has 0 bridgehead atoms. The van der Waals surface area contributed by atoms with E-state index in [1.165, 1.54) is 0 Å². The Labute approximate surface area is 148 Å². The maximum absolute atomic E-state index is 12.5. The van der Waals surface area contributed by atoms with Gasteiger partial charge < -0.3 is 11.1 Å². The number of benzene rings is 1. The summed E-state index contributed by atoms with van der Waals surface area (Å²) in [5.41, 5.74) is 6.82. The van der Waals surface area contributed by atoms with Crippen molar-refractivity contribution in [3.8, 4) is 0 Å². The highest BCUT2D eigenvalue weighted by atomic mass is 35.5. The Morgan fingerprint density at radius 1 is 1.43 bits per heavy atom. The van der Waals surface area contributed by atoms with Gasteiger partial charge in [0.05, 0.1) is 12.1 Å². The number of amides is 1. The lowest BCUT2D eigenvalue weighted by Crippen LogP contribution is -2.46. The molecule has 1 aliphatic rings. The Morgan fingerprint density at radius 3 is 2.70 bits per heavy atom. The molecular weight excluding hydrogens is 333 g/mol. The molecule has 6 heteroatoms. The average molecular weight is 358 g/mol. The predicted molar refractivity (Wildman–Crippen MR) is 95.8 cm³/mol. The van der Waals surface area contributed by atoms with Gasteiger partial charge in [-0.15, -0.1) is 0 Å². The molecule has 4 nitrogen and oxygen atoms in total. The predicted octanol–water partition coefficient (Wildman–Crippen LogP) is 3.23. The Hall–Kier alpha value is -0.810. The van der Waals surface area contributed by atoms with Crippen LogP contribution in [0.3, 0.4) is 0 Å². The third-order valence-electron chi connectivity index (χ3n) is 4.80. The molecule has 0 aromatic heterocycles. The van der Waals surface area contributed by atoms with Gasteiger partial charge in [-0.25, -0.2) is 0 Å². The van der Waals surface area contributed by atoms with E-state index in [0.717, 1.165) is 25.1 Å². The van der Waals surface area contributed by atoms with Gasteiger partial charge in [0.25, 0.3) is 0 Å². The maximum Gasteiger partial charge on any atom is 0.237 e. The van der Waals surface area contributed by atoms with Crippen LogP contribution in [-0.4, -0.2) is 36.5 Å². The number of halogens is 2. The number of nitrogens with two attached hydrogens (primary N) is 1. The number of rotatable bonds is 5. The minimum absolute atomic E-state index is 0.00443. The van der Waals surface area contributed by atoms with Gasteiger partial charge in [0, 0.05) is 16.6 Å². The topological polar surface area (TPSA) is 58.4 Å². The van der Waals surface area contributed by atoms with Crippen LogP contribution < -0.4 is 11.1 Å². The Morgan fingerprint density at radius 2 is 2.13 bits per heavy atom. The molecular formula is C17H25Cl2N3O. The van der Waals surface area contributed by atoms with Gasteiger partial charge in [-0.1, -0.05) is 36.2 Å². The van der Waals surface area contributed by atoms with E-state index in [1.54, 1.807) is 12.1 Å². The van der Waals surface area contributed by atoms with E-state index in [0.29, 0.717) is 16.6 Å². The van der Waals surface area contributed by atoms with Gasteiger partial charge in [0.2, 0.25) is 5.91 Å². The zero-order valence-corrected chi connectivity index (χ0v) is 15.4. The number of likely N-dealkylation sites (tertiary alicyclic amines) is 1. The molecule has 1 aromatic carbocycles. The lowest BCUT2D eigenvalue weighted by atomic mass is 9.90. The third-order valence-corrected chi connectivity index (χ3v) is 5.36. The van der Waals surface area contributed by atoms with E-state index in [1.807, 2.05) is 19.9 Å². The van der Waals surface area contributed by atoms with Crippen LogP contribution in [0.5, 0.6) is 0 Å². The van der Waals surface area contributed by atoms with E-state index in [2.05, 4.69) is 17.1 Å². The van der Waals surface area contributed by atoms with Crippen molar-refractivity contribution < 1.29 is 4.79 Å². The molecule has 1 heterocycles. The van der Waals surface area contributed by atoms with Crippen LogP contribution in [0, 0.1) is 5.41 Å².